The molecule has 3 heteroatoms. The summed E-state index contributed by atoms with van der Waals surface area (Å²) >= 11 is 0. The van der Waals surface area contributed by atoms with Crippen LogP contribution in [0.1, 0.15) is 13.8 Å². The van der Waals surface area contributed by atoms with E-state index in [0.29, 0.717) is 5.52 Å². The van der Waals surface area contributed by atoms with Crippen LogP contribution >= 0.6 is 0 Å². The molecule has 0 saturated heterocycles. The molecular formula is C11H13F2N. The zero-order valence-corrected chi connectivity index (χ0v) is 8.51. The summed E-state index contributed by atoms with van der Waals surface area (Å²) in [5.41, 5.74) is 0.703. The maximum atomic E-state index is 12.7. The highest BCUT2D eigenvalue weighted by Gasteiger charge is 2.05. The normalized spacial score (nSPS) is 9.79. The van der Waals surface area contributed by atoms with Gasteiger partial charge < -0.3 is 4.57 Å². The van der Waals surface area contributed by atoms with Crippen molar-refractivity contribution in [3.63, 3.8) is 0 Å². The van der Waals surface area contributed by atoms with Gasteiger partial charge in [0.05, 0.1) is 5.52 Å². The molecule has 1 aromatic heterocycles. The topological polar surface area (TPSA) is 4.93 Å². The number of hydrogen-bond donors (Lipinski definition) is 0. The van der Waals surface area contributed by atoms with Gasteiger partial charge in [-0.2, -0.15) is 0 Å². The number of hydrogen-bond acceptors (Lipinski definition) is 0. The predicted molar refractivity (Wildman–Crippen MR) is 54.2 cm³/mol. The van der Waals surface area contributed by atoms with Crippen molar-refractivity contribution in [1.82, 2.24) is 4.57 Å². The molecule has 0 saturated carbocycles. The molecule has 0 aliphatic carbocycles. The van der Waals surface area contributed by atoms with Gasteiger partial charge in [-0.3, -0.25) is 0 Å². The molecule has 0 aliphatic heterocycles. The fourth-order valence-electron chi connectivity index (χ4n) is 1.26. The number of aryl methyl sites for hydroxylation is 1. The van der Waals surface area contributed by atoms with E-state index in [1.54, 1.807) is 23.9 Å². The molecule has 0 atom stereocenters. The fourth-order valence-corrected chi connectivity index (χ4v) is 1.26. The maximum Gasteiger partial charge on any atom is 0.160 e. The monoisotopic (exact) mass is 197 g/mol. The number of halogens is 2. The van der Waals surface area contributed by atoms with E-state index in [0.717, 1.165) is 5.39 Å². The van der Waals surface area contributed by atoms with Crippen LogP contribution in [0.15, 0.2) is 24.4 Å². The first kappa shape index (κ1) is 10.7. The quantitative estimate of drug-likeness (QED) is 0.609. The minimum absolute atomic E-state index is 0.703. The van der Waals surface area contributed by atoms with Crippen LogP contribution in [0.5, 0.6) is 0 Å². The van der Waals surface area contributed by atoms with Crippen LogP contribution in [0, 0.1) is 11.6 Å². The second kappa shape index (κ2) is 4.22. The lowest BCUT2D eigenvalue weighted by atomic mass is 10.2. The third-order valence-electron chi connectivity index (χ3n) is 1.93. The van der Waals surface area contributed by atoms with E-state index in [2.05, 4.69) is 0 Å². The molecule has 0 N–H and O–H groups in total. The van der Waals surface area contributed by atoms with Crippen molar-refractivity contribution >= 4 is 10.9 Å². The second-order valence-electron chi connectivity index (χ2n) is 2.75. The van der Waals surface area contributed by atoms with Gasteiger partial charge >= 0.3 is 0 Å². The van der Waals surface area contributed by atoms with Crippen molar-refractivity contribution in [3.05, 3.63) is 36.0 Å². The third-order valence-corrected chi connectivity index (χ3v) is 1.93. The average Bonchev–Trinajstić information content (AvgIpc) is 2.53. The van der Waals surface area contributed by atoms with Crippen molar-refractivity contribution in [3.8, 4) is 0 Å². The van der Waals surface area contributed by atoms with Crippen LogP contribution in [0.25, 0.3) is 10.9 Å². The van der Waals surface area contributed by atoms with E-state index in [1.807, 2.05) is 13.8 Å². The van der Waals surface area contributed by atoms with E-state index < -0.39 is 11.6 Å². The van der Waals surface area contributed by atoms with Gasteiger partial charge in [-0.15, -0.1) is 0 Å². The van der Waals surface area contributed by atoms with Gasteiger partial charge in [0.1, 0.15) is 0 Å². The third kappa shape index (κ3) is 1.76. The maximum absolute atomic E-state index is 12.7. The number of rotatable bonds is 0. The van der Waals surface area contributed by atoms with E-state index >= 15 is 0 Å². The van der Waals surface area contributed by atoms with Crippen LogP contribution in [-0.2, 0) is 7.05 Å². The van der Waals surface area contributed by atoms with Crippen LogP contribution in [0.2, 0.25) is 0 Å². The van der Waals surface area contributed by atoms with Crippen molar-refractivity contribution in [1.29, 1.82) is 0 Å². The SMILES string of the molecule is CC.Cn1ccc2cc(F)c(F)cc21. The fraction of sp³-hybridized carbons (Fsp3) is 0.273. The summed E-state index contributed by atoms with van der Waals surface area (Å²) in [5, 5.41) is 0.719. The van der Waals surface area contributed by atoms with Crippen LogP contribution < -0.4 is 0 Å². The summed E-state index contributed by atoms with van der Waals surface area (Å²) in [5.74, 6) is -1.60. The number of fused-ring (bicyclic) bond motifs is 1. The summed E-state index contributed by atoms with van der Waals surface area (Å²) in [7, 11) is 1.79. The molecule has 0 radical (unpaired) electrons. The van der Waals surface area contributed by atoms with Gasteiger partial charge in [-0.05, 0) is 12.1 Å². The minimum atomic E-state index is -0.802. The summed E-state index contributed by atoms with van der Waals surface area (Å²) < 4.78 is 27.1. The Bertz CT molecular complexity index is 432. The Balaban J connectivity index is 0.000000461. The van der Waals surface area contributed by atoms with E-state index in [9.17, 15) is 8.78 Å². The van der Waals surface area contributed by atoms with Gasteiger partial charge in [-0.1, -0.05) is 13.8 Å². The molecule has 14 heavy (non-hydrogen) atoms. The Morgan fingerprint density at radius 2 is 1.64 bits per heavy atom. The standard InChI is InChI=1S/C9H7F2N.C2H6/c1-12-3-2-6-4-7(10)8(11)5-9(6)12;1-2/h2-5H,1H3;1-2H3. The molecule has 0 fully saturated rings. The van der Waals surface area contributed by atoms with Crippen LogP contribution in [0.4, 0.5) is 8.78 Å². The van der Waals surface area contributed by atoms with Crippen molar-refractivity contribution in [2.45, 2.75) is 13.8 Å². The number of benzene rings is 1. The molecule has 0 amide bonds. The summed E-state index contributed by atoms with van der Waals surface area (Å²) in [6, 6.07) is 4.15. The van der Waals surface area contributed by atoms with Crippen molar-refractivity contribution in [2.75, 3.05) is 0 Å². The molecule has 76 valence electrons. The lowest BCUT2D eigenvalue weighted by Crippen LogP contribution is -1.87. The molecule has 2 aromatic rings. The first-order chi connectivity index (χ1) is 6.68. The molecule has 0 aliphatic rings. The van der Waals surface area contributed by atoms with Gasteiger partial charge in [0.2, 0.25) is 0 Å². The van der Waals surface area contributed by atoms with Crippen LogP contribution in [-0.4, -0.2) is 4.57 Å². The Morgan fingerprint density at radius 3 is 2.29 bits per heavy atom. The van der Waals surface area contributed by atoms with Gasteiger partial charge in [0.15, 0.2) is 11.6 Å². The molecule has 0 unspecified atom stereocenters. The van der Waals surface area contributed by atoms with Crippen LogP contribution in [0.3, 0.4) is 0 Å². The number of nitrogens with zero attached hydrogens (tertiary/aromatic N) is 1. The molecule has 1 nitrogen and oxygen atoms in total. The lowest BCUT2D eigenvalue weighted by molar-refractivity contribution is 0.510. The van der Waals surface area contributed by atoms with Gasteiger partial charge in [-0.25, -0.2) is 8.78 Å². The minimum Gasteiger partial charge on any atom is -0.350 e. The van der Waals surface area contributed by atoms with Crippen molar-refractivity contribution in [2.24, 2.45) is 7.05 Å². The van der Waals surface area contributed by atoms with Gasteiger partial charge in [0, 0.05) is 24.7 Å². The zero-order valence-electron chi connectivity index (χ0n) is 8.51. The largest absolute Gasteiger partial charge is 0.350 e. The highest BCUT2D eigenvalue weighted by atomic mass is 19.2. The van der Waals surface area contributed by atoms with Crippen molar-refractivity contribution < 1.29 is 8.78 Å². The highest BCUT2D eigenvalue weighted by Crippen LogP contribution is 2.18. The molecule has 2 rings (SSSR count). The first-order valence-electron chi connectivity index (χ1n) is 4.58. The van der Waals surface area contributed by atoms with Gasteiger partial charge in [0.25, 0.3) is 0 Å². The molecule has 1 heterocycles. The first-order valence-corrected chi connectivity index (χ1v) is 4.58. The molecule has 1 aromatic carbocycles. The highest BCUT2D eigenvalue weighted by molar-refractivity contribution is 5.80. The smallest absolute Gasteiger partial charge is 0.160 e. The lowest BCUT2D eigenvalue weighted by Gasteiger charge is -1.96. The Morgan fingerprint density at radius 1 is 1.07 bits per heavy atom. The summed E-state index contributed by atoms with van der Waals surface area (Å²) in [6.07, 6.45) is 1.77. The number of aromatic nitrogens is 1. The molecular weight excluding hydrogens is 184 g/mol. The Hall–Kier alpha value is -1.38. The zero-order chi connectivity index (χ0) is 10.7. The molecule has 0 bridgehead atoms. The Labute approximate surface area is 82.0 Å². The summed E-state index contributed by atoms with van der Waals surface area (Å²) in [4.78, 5) is 0. The molecule has 0 spiro atoms. The summed E-state index contributed by atoms with van der Waals surface area (Å²) in [6.45, 7) is 4.00. The average molecular weight is 197 g/mol. The van der Waals surface area contributed by atoms with E-state index in [1.165, 1.54) is 12.1 Å². The van der Waals surface area contributed by atoms with E-state index in [-0.39, 0.29) is 0 Å². The second-order valence-corrected chi connectivity index (χ2v) is 2.75. The van der Waals surface area contributed by atoms with E-state index in [4.69, 9.17) is 0 Å². The predicted octanol–water partition coefficient (Wildman–Crippen LogP) is 3.48. The Kier molecular flexibility index (Phi) is 3.23.